The highest BCUT2D eigenvalue weighted by molar-refractivity contribution is 9.10. The third kappa shape index (κ3) is 2.35. The van der Waals surface area contributed by atoms with Gasteiger partial charge in [0.05, 0.1) is 10.4 Å². The van der Waals surface area contributed by atoms with Gasteiger partial charge in [-0.05, 0) is 43.5 Å². The molecule has 0 radical (unpaired) electrons. The van der Waals surface area contributed by atoms with Gasteiger partial charge in [0.25, 0.3) is 0 Å². The van der Waals surface area contributed by atoms with Gasteiger partial charge in [-0.3, -0.25) is 4.79 Å². The number of halogens is 1. The van der Waals surface area contributed by atoms with Crippen LogP contribution in [-0.2, 0) is 4.79 Å². The van der Waals surface area contributed by atoms with Gasteiger partial charge < -0.3 is 11.1 Å². The molecule has 1 aromatic carbocycles. The van der Waals surface area contributed by atoms with Crippen LogP contribution in [0.2, 0.25) is 0 Å². The van der Waals surface area contributed by atoms with Crippen LogP contribution in [0.1, 0.15) is 18.4 Å². The van der Waals surface area contributed by atoms with Crippen molar-refractivity contribution in [2.24, 2.45) is 11.1 Å². The second kappa shape index (κ2) is 4.38. The van der Waals surface area contributed by atoms with Gasteiger partial charge in [-0.15, -0.1) is 0 Å². The first-order valence-corrected chi connectivity index (χ1v) is 6.53. The number of nitrogens with two attached hydrogens (primary N) is 1. The van der Waals surface area contributed by atoms with Crippen LogP contribution in [0.3, 0.4) is 0 Å². The van der Waals surface area contributed by atoms with Gasteiger partial charge in [-0.1, -0.05) is 28.1 Å². The summed E-state index contributed by atoms with van der Waals surface area (Å²) in [5, 5.41) is 2.87. The molecule has 3 N–H and O–H groups in total. The Hall–Kier alpha value is -0.940. The zero-order valence-electron chi connectivity index (χ0n) is 9.42. The van der Waals surface area contributed by atoms with Gasteiger partial charge in [-0.25, -0.2) is 0 Å². The van der Waals surface area contributed by atoms with E-state index in [0.29, 0.717) is 4.99 Å². The van der Waals surface area contributed by atoms with Crippen molar-refractivity contribution < 1.29 is 4.79 Å². The van der Waals surface area contributed by atoms with E-state index < -0.39 is 5.41 Å². The summed E-state index contributed by atoms with van der Waals surface area (Å²) in [6.45, 7) is 1.97. The van der Waals surface area contributed by atoms with E-state index in [9.17, 15) is 4.79 Å². The SMILES string of the molecule is Cc1cc(NC(=O)C2(C(N)=S)CC2)ccc1Br. The van der Waals surface area contributed by atoms with Gasteiger partial charge in [-0.2, -0.15) is 0 Å². The molecular weight excluding hydrogens is 300 g/mol. The number of anilines is 1. The van der Waals surface area contributed by atoms with Gasteiger partial charge in [0.2, 0.25) is 5.91 Å². The van der Waals surface area contributed by atoms with Crippen molar-refractivity contribution in [3.8, 4) is 0 Å². The Labute approximate surface area is 114 Å². The Kier molecular flexibility index (Phi) is 3.23. The summed E-state index contributed by atoms with van der Waals surface area (Å²) in [7, 11) is 0. The Morgan fingerprint density at radius 3 is 2.65 bits per heavy atom. The molecule has 1 aromatic rings. The minimum absolute atomic E-state index is 0.0910. The number of rotatable bonds is 3. The molecule has 0 aliphatic heterocycles. The van der Waals surface area contributed by atoms with Crippen LogP contribution < -0.4 is 11.1 Å². The molecule has 1 aliphatic rings. The van der Waals surface area contributed by atoms with Gasteiger partial charge in [0.15, 0.2) is 0 Å². The zero-order valence-corrected chi connectivity index (χ0v) is 11.8. The molecule has 1 fully saturated rings. The van der Waals surface area contributed by atoms with Gasteiger partial charge in [0, 0.05) is 10.2 Å². The Morgan fingerprint density at radius 2 is 2.18 bits per heavy atom. The molecule has 0 unspecified atom stereocenters. The summed E-state index contributed by atoms with van der Waals surface area (Å²) in [6, 6.07) is 5.67. The first-order valence-electron chi connectivity index (χ1n) is 5.33. The van der Waals surface area contributed by atoms with Crippen LogP contribution in [0.5, 0.6) is 0 Å². The van der Waals surface area contributed by atoms with E-state index in [0.717, 1.165) is 28.6 Å². The minimum Gasteiger partial charge on any atom is -0.392 e. The lowest BCUT2D eigenvalue weighted by Crippen LogP contribution is -2.35. The second-order valence-electron chi connectivity index (χ2n) is 4.36. The van der Waals surface area contributed by atoms with Crippen molar-refractivity contribution in [2.45, 2.75) is 19.8 Å². The van der Waals surface area contributed by atoms with Crippen LogP contribution in [0, 0.1) is 12.3 Å². The first kappa shape index (κ1) is 12.5. The van der Waals surface area contributed by atoms with Crippen molar-refractivity contribution in [3.63, 3.8) is 0 Å². The first-order chi connectivity index (χ1) is 7.95. The number of benzene rings is 1. The molecule has 3 nitrogen and oxygen atoms in total. The van der Waals surface area contributed by atoms with Crippen molar-refractivity contribution in [3.05, 3.63) is 28.2 Å². The fraction of sp³-hybridized carbons (Fsp3) is 0.333. The predicted molar refractivity (Wildman–Crippen MR) is 76.0 cm³/mol. The molecule has 1 aliphatic carbocycles. The van der Waals surface area contributed by atoms with Crippen LogP contribution in [0.15, 0.2) is 22.7 Å². The Balaban J connectivity index is 2.14. The Morgan fingerprint density at radius 1 is 1.53 bits per heavy atom. The molecule has 5 heteroatoms. The molecule has 17 heavy (non-hydrogen) atoms. The van der Waals surface area contributed by atoms with Crippen molar-refractivity contribution in [1.29, 1.82) is 0 Å². The number of nitrogens with one attached hydrogen (secondary N) is 1. The summed E-state index contributed by atoms with van der Waals surface area (Å²) in [4.78, 5) is 12.3. The number of carbonyl (C=O) groups excluding carboxylic acids is 1. The smallest absolute Gasteiger partial charge is 0.237 e. The zero-order chi connectivity index (χ0) is 12.6. The topological polar surface area (TPSA) is 55.1 Å². The lowest BCUT2D eigenvalue weighted by atomic mass is 10.1. The Bertz CT molecular complexity index is 497. The quantitative estimate of drug-likeness (QED) is 0.844. The van der Waals surface area contributed by atoms with Gasteiger partial charge in [0.1, 0.15) is 0 Å². The lowest BCUT2D eigenvalue weighted by Gasteiger charge is -2.14. The van der Waals surface area contributed by atoms with Crippen LogP contribution >= 0.6 is 28.1 Å². The van der Waals surface area contributed by atoms with E-state index in [1.807, 2.05) is 25.1 Å². The van der Waals surface area contributed by atoms with E-state index in [4.69, 9.17) is 18.0 Å². The highest BCUT2D eigenvalue weighted by Crippen LogP contribution is 2.46. The molecule has 0 bridgehead atoms. The lowest BCUT2D eigenvalue weighted by molar-refractivity contribution is -0.118. The van der Waals surface area contributed by atoms with E-state index >= 15 is 0 Å². The molecule has 0 saturated heterocycles. The average molecular weight is 313 g/mol. The molecule has 1 amide bonds. The normalized spacial score (nSPS) is 16.4. The van der Waals surface area contributed by atoms with E-state index in [1.165, 1.54) is 0 Å². The second-order valence-corrected chi connectivity index (χ2v) is 5.66. The number of hydrogen-bond acceptors (Lipinski definition) is 2. The molecular formula is C12H13BrN2OS. The predicted octanol–water partition coefficient (Wildman–Crippen LogP) is 2.76. The van der Waals surface area contributed by atoms with E-state index in [2.05, 4.69) is 21.2 Å². The highest BCUT2D eigenvalue weighted by Gasteiger charge is 2.52. The maximum absolute atomic E-state index is 12.0. The molecule has 2 rings (SSSR count). The number of hydrogen-bond donors (Lipinski definition) is 2. The fourth-order valence-electron chi connectivity index (χ4n) is 1.68. The molecule has 1 saturated carbocycles. The third-order valence-electron chi connectivity index (χ3n) is 3.07. The standard InChI is InChI=1S/C12H13BrN2OS/c1-7-6-8(2-3-9(7)13)15-11(16)12(4-5-12)10(14)17/h2-3,6H,4-5H2,1H3,(H2,14,17)(H,15,16). The van der Waals surface area contributed by atoms with Crippen LogP contribution in [-0.4, -0.2) is 10.9 Å². The number of thiocarbonyl (C=S) groups is 1. The molecule has 0 heterocycles. The molecule has 0 atom stereocenters. The summed E-state index contributed by atoms with van der Waals surface area (Å²) in [5.74, 6) is -0.0910. The number of carbonyl (C=O) groups is 1. The number of aryl methyl sites for hydroxylation is 1. The summed E-state index contributed by atoms with van der Waals surface area (Å²) >= 11 is 8.36. The monoisotopic (exact) mass is 312 g/mol. The van der Waals surface area contributed by atoms with E-state index in [-0.39, 0.29) is 5.91 Å². The molecule has 90 valence electrons. The molecule has 0 aromatic heterocycles. The van der Waals surface area contributed by atoms with Crippen LogP contribution in [0.25, 0.3) is 0 Å². The van der Waals surface area contributed by atoms with Crippen molar-refractivity contribution >= 4 is 44.7 Å². The van der Waals surface area contributed by atoms with E-state index in [1.54, 1.807) is 0 Å². The largest absolute Gasteiger partial charge is 0.392 e. The maximum atomic E-state index is 12.0. The molecule has 0 spiro atoms. The highest BCUT2D eigenvalue weighted by atomic mass is 79.9. The number of amides is 1. The summed E-state index contributed by atoms with van der Waals surface area (Å²) in [5.41, 5.74) is 6.85. The third-order valence-corrected chi connectivity index (χ3v) is 4.35. The maximum Gasteiger partial charge on any atom is 0.237 e. The van der Waals surface area contributed by atoms with Crippen molar-refractivity contribution in [1.82, 2.24) is 0 Å². The summed E-state index contributed by atoms with van der Waals surface area (Å²) < 4.78 is 1.02. The van der Waals surface area contributed by atoms with Gasteiger partial charge >= 0.3 is 0 Å². The van der Waals surface area contributed by atoms with Crippen molar-refractivity contribution in [2.75, 3.05) is 5.32 Å². The fourth-order valence-corrected chi connectivity index (χ4v) is 2.23. The minimum atomic E-state index is -0.601. The average Bonchev–Trinajstić information content (AvgIpc) is 3.04. The summed E-state index contributed by atoms with van der Waals surface area (Å²) in [6.07, 6.45) is 1.51. The van der Waals surface area contributed by atoms with Crippen LogP contribution in [0.4, 0.5) is 5.69 Å².